The molecule has 0 saturated carbocycles. The van der Waals surface area contributed by atoms with Gasteiger partial charge in [0, 0.05) is 37.7 Å². The third kappa shape index (κ3) is 5.09. The second-order valence-electron chi connectivity index (χ2n) is 7.36. The van der Waals surface area contributed by atoms with Crippen molar-refractivity contribution in [3.63, 3.8) is 0 Å². The fraction of sp³-hybridized carbons (Fsp3) is 0.261. The number of benzene rings is 3. The molecule has 1 aliphatic heterocycles. The minimum Gasteiger partial charge on any atom is -0.324 e. The van der Waals surface area contributed by atoms with Crippen LogP contribution in [0.3, 0.4) is 0 Å². The van der Waals surface area contributed by atoms with Crippen LogP contribution in [0.15, 0.2) is 60.7 Å². The van der Waals surface area contributed by atoms with Crippen LogP contribution < -0.4 is 5.32 Å². The highest BCUT2D eigenvalue weighted by molar-refractivity contribution is 6.36. The van der Waals surface area contributed by atoms with E-state index in [2.05, 4.69) is 57.6 Å². The lowest BCUT2D eigenvalue weighted by molar-refractivity contribution is -0.117. The Morgan fingerprint density at radius 1 is 0.897 bits per heavy atom. The molecule has 150 valence electrons. The zero-order chi connectivity index (χ0) is 20.2. The molecule has 0 radical (unpaired) electrons. The van der Waals surface area contributed by atoms with Crippen molar-refractivity contribution in [2.45, 2.75) is 6.54 Å². The summed E-state index contributed by atoms with van der Waals surface area (Å²) in [6, 6.07) is 20.1. The van der Waals surface area contributed by atoms with Crippen molar-refractivity contribution in [1.82, 2.24) is 9.80 Å². The summed E-state index contributed by atoms with van der Waals surface area (Å²) in [5.74, 6) is -0.0586. The van der Waals surface area contributed by atoms with Crippen molar-refractivity contribution >= 4 is 45.6 Å². The van der Waals surface area contributed by atoms with Crippen molar-refractivity contribution < 1.29 is 4.79 Å². The molecule has 0 aromatic heterocycles. The maximum atomic E-state index is 12.4. The Balaban J connectivity index is 1.29. The van der Waals surface area contributed by atoms with Crippen LogP contribution in [0.4, 0.5) is 5.69 Å². The minimum atomic E-state index is -0.0586. The van der Waals surface area contributed by atoms with Gasteiger partial charge in [0.2, 0.25) is 5.91 Å². The Kier molecular flexibility index (Phi) is 6.36. The van der Waals surface area contributed by atoms with E-state index >= 15 is 0 Å². The number of rotatable bonds is 5. The Bertz CT molecular complexity index is 1010. The topological polar surface area (TPSA) is 35.6 Å². The van der Waals surface area contributed by atoms with Crippen LogP contribution in [0.25, 0.3) is 10.8 Å². The number of piperazine rings is 1. The Labute approximate surface area is 181 Å². The third-order valence-electron chi connectivity index (χ3n) is 5.31. The van der Waals surface area contributed by atoms with Gasteiger partial charge in [0.05, 0.1) is 17.3 Å². The van der Waals surface area contributed by atoms with E-state index in [1.165, 1.54) is 16.3 Å². The van der Waals surface area contributed by atoms with Gasteiger partial charge in [-0.3, -0.25) is 14.6 Å². The number of carbonyl (C=O) groups excluding carboxylic acids is 1. The molecule has 1 fully saturated rings. The number of halogens is 2. The molecule has 3 aromatic rings. The third-order valence-corrected chi connectivity index (χ3v) is 5.86. The van der Waals surface area contributed by atoms with E-state index in [-0.39, 0.29) is 5.91 Å². The monoisotopic (exact) mass is 427 g/mol. The van der Waals surface area contributed by atoms with Gasteiger partial charge >= 0.3 is 0 Å². The van der Waals surface area contributed by atoms with E-state index in [1.807, 2.05) is 0 Å². The predicted octanol–water partition coefficient (Wildman–Crippen LogP) is 4.90. The van der Waals surface area contributed by atoms with Crippen LogP contribution in [-0.2, 0) is 11.3 Å². The van der Waals surface area contributed by atoms with E-state index in [1.54, 1.807) is 18.2 Å². The number of nitrogens with one attached hydrogen (secondary N) is 1. The molecule has 0 aliphatic carbocycles. The number of amides is 1. The summed E-state index contributed by atoms with van der Waals surface area (Å²) < 4.78 is 0. The summed E-state index contributed by atoms with van der Waals surface area (Å²) in [6.45, 7) is 4.91. The van der Waals surface area contributed by atoms with Crippen LogP contribution in [0.2, 0.25) is 10.0 Å². The molecule has 29 heavy (non-hydrogen) atoms. The number of hydrogen-bond donors (Lipinski definition) is 1. The summed E-state index contributed by atoms with van der Waals surface area (Å²) >= 11 is 12.0. The molecule has 1 amide bonds. The predicted molar refractivity (Wildman–Crippen MR) is 121 cm³/mol. The molecule has 4 nitrogen and oxygen atoms in total. The quantitative estimate of drug-likeness (QED) is 0.628. The molecule has 1 saturated heterocycles. The Morgan fingerprint density at radius 2 is 1.62 bits per heavy atom. The smallest absolute Gasteiger partial charge is 0.238 e. The van der Waals surface area contributed by atoms with Crippen LogP contribution in [0, 0.1) is 0 Å². The second-order valence-corrected chi connectivity index (χ2v) is 8.21. The molecule has 1 heterocycles. The van der Waals surface area contributed by atoms with Crippen molar-refractivity contribution in [3.05, 3.63) is 76.3 Å². The molecule has 4 rings (SSSR count). The number of anilines is 1. The first kappa shape index (κ1) is 20.2. The highest BCUT2D eigenvalue weighted by Crippen LogP contribution is 2.25. The average molecular weight is 428 g/mol. The largest absolute Gasteiger partial charge is 0.324 e. The van der Waals surface area contributed by atoms with E-state index in [9.17, 15) is 4.79 Å². The van der Waals surface area contributed by atoms with Gasteiger partial charge in [-0.25, -0.2) is 0 Å². The maximum Gasteiger partial charge on any atom is 0.238 e. The SMILES string of the molecule is O=C(CN1CCN(Cc2cccc3ccccc23)CC1)Nc1ccc(Cl)cc1Cl. The molecule has 0 unspecified atom stereocenters. The van der Waals surface area contributed by atoms with Crippen molar-refractivity contribution in [2.24, 2.45) is 0 Å². The lowest BCUT2D eigenvalue weighted by atomic mass is 10.0. The standard InChI is InChI=1S/C23H23Cl2N3O/c24-19-8-9-22(21(25)14-19)26-23(29)16-28-12-10-27(11-13-28)15-18-6-3-5-17-4-1-2-7-20(17)18/h1-9,14H,10-13,15-16H2,(H,26,29). The highest BCUT2D eigenvalue weighted by Gasteiger charge is 2.20. The zero-order valence-electron chi connectivity index (χ0n) is 16.1. The molecule has 1 aliphatic rings. The molecule has 0 atom stereocenters. The lowest BCUT2D eigenvalue weighted by Crippen LogP contribution is -2.48. The van der Waals surface area contributed by atoms with Crippen LogP contribution in [0.1, 0.15) is 5.56 Å². The summed E-state index contributed by atoms with van der Waals surface area (Å²) in [6.07, 6.45) is 0. The van der Waals surface area contributed by atoms with Gasteiger partial charge in [-0.1, -0.05) is 65.7 Å². The highest BCUT2D eigenvalue weighted by atomic mass is 35.5. The maximum absolute atomic E-state index is 12.4. The lowest BCUT2D eigenvalue weighted by Gasteiger charge is -2.34. The number of hydrogen-bond acceptors (Lipinski definition) is 3. The summed E-state index contributed by atoms with van der Waals surface area (Å²) in [5.41, 5.74) is 1.95. The van der Waals surface area contributed by atoms with E-state index in [4.69, 9.17) is 23.2 Å². The second kappa shape index (κ2) is 9.14. The van der Waals surface area contributed by atoms with Gasteiger partial charge < -0.3 is 5.32 Å². The normalized spacial score (nSPS) is 15.5. The molecule has 0 bridgehead atoms. The molecular weight excluding hydrogens is 405 g/mol. The van der Waals surface area contributed by atoms with Gasteiger partial charge in [0.1, 0.15) is 0 Å². The van der Waals surface area contributed by atoms with Crippen LogP contribution in [-0.4, -0.2) is 48.4 Å². The zero-order valence-corrected chi connectivity index (χ0v) is 17.6. The van der Waals surface area contributed by atoms with E-state index < -0.39 is 0 Å². The fourth-order valence-corrected chi connectivity index (χ4v) is 4.22. The van der Waals surface area contributed by atoms with Crippen molar-refractivity contribution in [3.8, 4) is 0 Å². The Hall–Kier alpha value is -2.11. The average Bonchev–Trinajstić information content (AvgIpc) is 2.72. The first-order chi connectivity index (χ1) is 14.1. The molecule has 1 N–H and O–H groups in total. The summed E-state index contributed by atoms with van der Waals surface area (Å²) in [7, 11) is 0. The van der Waals surface area contributed by atoms with Gasteiger partial charge in [-0.05, 0) is 34.5 Å². The van der Waals surface area contributed by atoms with E-state index in [0.29, 0.717) is 22.3 Å². The first-order valence-electron chi connectivity index (χ1n) is 9.75. The minimum absolute atomic E-state index is 0.0586. The van der Waals surface area contributed by atoms with Crippen LogP contribution in [0.5, 0.6) is 0 Å². The van der Waals surface area contributed by atoms with Gasteiger partial charge in [-0.15, -0.1) is 0 Å². The molecule has 3 aromatic carbocycles. The summed E-state index contributed by atoms with van der Waals surface area (Å²) in [5, 5.41) is 6.47. The molecular formula is C23H23Cl2N3O. The number of fused-ring (bicyclic) bond motifs is 1. The van der Waals surface area contributed by atoms with E-state index in [0.717, 1.165) is 32.7 Å². The molecule has 0 spiro atoms. The number of nitrogens with zero attached hydrogens (tertiary/aromatic N) is 2. The van der Waals surface area contributed by atoms with Crippen LogP contribution >= 0.6 is 23.2 Å². The number of carbonyl (C=O) groups is 1. The van der Waals surface area contributed by atoms with Gasteiger partial charge in [-0.2, -0.15) is 0 Å². The molecule has 6 heteroatoms. The fourth-order valence-electron chi connectivity index (χ4n) is 3.76. The van der Waals surface area contributed by atoms with Crippen molar-refractivity contribution in [2.75, 3.05) is 38.0 Å². The van der Waals surface area contributed by atoms with Gasteiger partial charge in [0.15, 0.2) is 0 Å². The van der Waals surface area contributed by atoms with Crippen molar-refractivity contribution in [1.29, 1.82) is 0 Å². The summed E-state index contributed by atoms with van der Waals surface area (Å²) in [4.78, 5) is 17.0. The Morgan fingerprint density at radius 3 is 2.41 bits per heavy atom. The first-order valence-corrected chi connectivity index (χ1v) is 10.5. The van der Waals surface area contributed by atoms with Gasteiger partial charge in [0.25, 0.3) is 0 Å².